The molecule has 1 amide bonds. The molecule has 9 heteroatoms. The van der Waals surface area contributed by atoms with E-state index in [4.69, 9.17) is 9.05 Å². The average Bonchev–Trinajstić information content (AvgIpc) is 3.34. The normalized spacial score (nSPS) is 13.8. The topological polar surface area (TPSA) is 105 Å². The number of allylic oxidation sites excluding steroid dienone is 1. The summed E-state index contributed by atoms with van der Waals surface area (Å²) in [6.07, 6.45) is 69.2. The molecule has 0 aromatic heterocycles. The van der Waals surface area contributed by atoms with Gasteiger partial charge < -0.3 is 19.8 Å². The first-order valence-electron chi connectivity index (χ1n) is 32.1. The Morgan fingerprint density at radius 3 is 1.03 bits per heavy atom. The van der Waals surface area contributed by atoms with Gasteiger partial charge in [-0.15, -0.1) is 0 Å². The van der Waals surface area contributed by atoms with Crippen molar-refractivity contribution in [3.63, 3.8) is 0 Å². The highest BCUT2D eigenvalue weighted by Gasteiger charge is 2.28. The van der Waals surface area contributed by atoms with Crippen LogP contribution in [0.5, 0.6) is 0 Å². The lowest BCUT2D eigenvalue weighted by atomic mass is 10.0. The fourth-order valence-corrected chi connectivity index (χ4v) is 10.7. The molecule has 0 fully saturated rings. The van der Waals surface area contributed by atoms with Crippen molar-refractivity contribution in [2.75, 3.05) is 40.9 Å². The van der Waals surface area contributed by atoms with Crippen LogP contribution in [-0.2, 0) is 18.4 Å². The molecule has 0 aromatic rings. The summed E-state index contributed by atoms with van der Waals surface area (Å²) in [6.45, 7) is 4.87. The van der Waals surface area contributed by atoms with Gasteiger partial charge >= 0.3 is 7.82 Å². The maximum Gasteiger partial charge on any atom is 0.472 e. The number of rotatable bonds is 60. The van der Waals surface area contributed by atoms with Gasteiger partial charge in [-0.1, -0.05) is 321 Å². The van der Waals surface area contributed by atoms with Crippen LogP contribution in [0, 0.1) is 0 Å². The van der Waals surface area contributed by atoms with Crippen LogP contribution in [0.3, 0.4) is 0 Å². The number of nitrogens with zero attached hydrogens (tertiary/aromatic N) is 1. The van der Waals surface area contributed by atoms with Crippen LogP contribution in [0.1, 0.15) is 335 Å². The molecule has 0 saturated carbocycles. The molecule has 0 aromatic carbocycles. The highest BCUT2D eigenvalue weighted by Crippen LogP contribution is 2.43. The number of phosphoric acid groups is 1. The minimum atomic E-state index is -4.34. The van der Waals surface area contributed by atoms with Gasteiger partial charge in [-0.2, -0.15) is 0 Å². The van der Waals surface area contributed by atoms with Gasteiger partial charge in [0.25, 0.3) is 0 Å². The zero-order valence-electron chi connectivity index (χ0n) is 49.2. The minimum Gasteiger partial charge on any atom is -0.387 e. The van der Waals surface area contributed by atoms with E-state index >= 15 is 0 Å². The van der Waals surface area contributed by atoms with E-state index in [0.717, 1.165) is 32.1 Å². The molecule has 3 N–H and O–H groups in total. The largest absolute Gasteiger partial charge is 0.472 e. The number of unbranched alkanes of at least 4 members (excludes halogenated alkanes) is 47. The van der Waals surface area contributed by atoms with Crippen molar-refractivity contribution in [3.8, 4) is 0 Å². The number of likely N-dealkylation sites (N-methyl/N-ethyl adjacent to an activating group) is 1. The number of aliphatic hydroxyl groups is 1. The number of hydrogen-bond donors (Lipinski definition) is 3. The van der Waals surface area contributed by atoms with Crippen LogP contribution in [0.15, 0.2) is 12.2 Å². The summed E-state index contributed by atoms with van der Waals surface area (Å²) < 4.78 is 23.7. The predicted molar refractivity (Wildman–Crippen MR) is 314 cm³/mol. The summed E-state index contributed by atoms with van der Waals surface area (Å²) in [5.41, 5.74) is 0. The summed E-state index contributed by atoms with van der Waals surface area (Å²) in [6, 6.07) is -0.842. The third-order valence-corrected chi connectivity index (χ3v) is 16.0. The van der Waals surface area contributed by atoms with Crippen molar-refractivity contribution in [1.82, 2.24) is 5.32 Å². The quantitative estimate of drug-likeness (QED) is 0.0243. The number of phosphoric ester groups is 1. The molecule has 0 heterocycles. The van der Waals surface area contributed by atoms with Crippen molar-refractivity contribution in [1.29, 1.82) is 0 Å². The first kappa shape index (κ1) is 71.2. The second kappa shape index (κ2) is 55.0. The molecule has 8 nitrogen and oxygen atoms in total. The second-order valence-electron chi connectivity index (χ2n) is 23.5. The predicted octanol–water partition coefficient (Wildman–Crippen LogP) is 19.8. The molecule has 1 unspecified atom stereocenters. The maximum absolute atomic E-state index is 13.0. The lowest BCUT2D eigenvalue weighted by Gasteiger charge is -2.25. The van der Waals surface area contributed by atoms with E-state index in [9.17, 15) is 19.4 Å². The van der Waals surface area contributed by atoms with Gasteiger partial charge in [-0.05, 0) is 19.3 Å². The Hall–Kier alpha value is -0.760. The summed E-state index contributed by atoms with van der Waals surface area (Å²) >= 11 is 0. The highest BCUT2D eigenvalue weighted by molar-refractivity contribution is 7.47. The Balaban J connectivity index is 3.95. The van der Waals surface area contributed by atoms with Crippen LogP contribution in [-0.4, -0.2) is 73.4 Å². The van der Waals surface area contributed by atoms with Gasteiger partial charge in [-0.25, -0.2) is 4.57 Å². The molecule has 430 valence electrons. The molecular weight excluding hydrogens is 912 g/mol. The Morgan fingerprint density at radius 2 is 0.736 bits per heavy atom. The van der Waals surface area contributed by atoms with E-state index < -0.39 is 20.0 Å². The van der Waals surface area contributed by atoms with Gasteiger partial charge in [0, 0.05) is 6.42 Å². The van der Waals surface area contributed by atoms with Gasteiger partial charge in [0.15, 0.2) is 0 Å². The second-order valence-corrected chi connectivity index (χ2v) is 25.0. The molecule has 0 rings (SSSR count). The lowest BCUT2D eigenvalue weighted by Crippen LogP contribution is -2.45. The first-order valence-corrected chi connectivity index (χ1v) is 33.6. The van der Waals surface area contributed by atoms with Crippen molar-refractivity contribution < 1.29 is 32.9 Å². The molecule has 0 spiro atoms. The molecule has 0 saturated heterocycles. The number of nitrogens with one attached hydrogen (secondary N) is 1. The lowest BCUT2D eigenvalue weighted by molar-refractivity contribution is -0.870. The van der Waals surface area contributed by atoms with Gasteiger partial charge in [-0.3, -0.25) is 13.8 Å². The molecular formula is C63H128N2O6P+. The Labute approximate surface area is 450 Å². The molecule has 72 heavy (non-hydrogen) atoms. The SMILES string of the molecule is CCCCCCCCCCCCCCCC/C=C/[C@@H](O)[C@H](COP(=O)(O)OCC[N+](C)(C)C)NC(=O)CCCCCCCCCCCCCCCCCCCCCCCCCCCCCCCCCCCC. The van der Waals surface area contributed by atoms with Crippen LogP contribution < -0.4 is 5.32 Å². The van der Waals surface area contributed by atoms with Crippen molar-refractivity contribution in [2.24, 2.45) is 0 Å². The number of quaternary nitrogens is 1. The van der Waals surface area contributed by atoms with Crippen molar-refractivity contribution in [3.05, 3.63) is 12.2 Å². The average molecular weight is 1040 g/mol. The summed E-state index contributed by atoms with van der Waals surface area (Å²) in [5.74, 6) is -0.169. The summed E-state index contributed by atoms with van der Waals surface area (Å²) in [7, 11) is 1.59. The zero-order valence-corrected chi connectivity index (χ0v) is 50.1. The molecule has 0 aliphatic rings. The van der Waals surface area contributed by atoms with Crippen LogP contribution in [0.25, 0.3) is 0 Å². The minimum absolute atomic E-state index is 0.0652. The molecule has 0 radical (unpaired) electrons. The first-order chi connectivity index (χ1) is 35.0. The smallest absolute Gasteiger partial charge is 0.387 e. The van der Waals surface area contributed by atoms with E-state index in [1.54, 1.807) is 6.08 Å². The number of hydrogen-bond acceptors (Lipinski definition) is 5. The Kier molecular flexibility index (Phi) is 54.4. The fraction of sp³-hybridized carbons (Fsp3) is 0.952. The fourth-order valence-electron chi connectivity index (χ4n) is 9.99. The third-order valence-electron chi connectivity index (χ3n) is 15.0. The van der Waals surface area contributed by atoms with E-state index in [1.807, 2.05) is 27.2 Å². The summed E-state index contributed by atoms with van der Waals surface area (Å²) in [5, 5.41) is 13.9. The Bertz CT molecular complexity index is 1180. The maximum atomic E-state index is 13.0. The number of aliphatic hydroxyl groups excluding tert-OH is 1. The van der Waals surface area contributed by atoms with Crippen LogP contribution >= 0.6 is 7.82 Å². The summed E-state index contributed by atoms with van der Waals surface area (Å²) in [4.78, 5) is 23.3. The van der Waals surface area contributed by atoms with Crippen LogP contribution in [0.4, 0.5) is 0 Å². The number of carbonyl (C=O) groups excluding carboxylic acids is 1. The standard InChI is InChI=1S/C63H127N2O6P/c1-6-8-10-12-14-16-18-20-22-24-25-26-27-28-29-30-31-32-33-34-35-36-37-38-39-40-41-43-45-47-49-51-53-55-57-63(67)64-61(60-71-72(68,69)70-59-58-65(3,4)5)62(66)56-54-52-50-48-46-44-42-23-21-19-17-15-13-11-9-7-2/h54,56,61-62,66H,6-53,55,57-60H2,1-5H3,(H-,64,67,68,69)/p+1/b56-54+/t61-,62+/m0/s1. The van der Waals surface area contributed by atoms with E-state index in [1.165, 1.54) is 283 Å². The molecule has 0 aliphatic carbocycles. The Morgan fingerprint density at radius 1 is 0.458 bits per heavy atom. The molecule has 3 atom stereocenters. The number of carbonyl (C=O) groups is 1. The van der Waals surface area contributed by atoms with Gasteiger partial charge in [0.2, 0.25) is 5.91 Å². The van der Waals surface area contributed by atoms with Crippen molar-refractivity contribution in [2.45, 2.75) is 347 Å². The van der Waals surface area contributed by atoms with E-state index in [0.29, 0.717) is 17.4 Å². The van der Waals surface area contributed by atoms with Crippen molar-refractivity contribution >= 4 is 13.7 Å². The monoisotopic (exact) mass is 1040 g/mol. The highest BCUT2D eigenvalue weighted by atomic mass is 31.2. The molecule has 0 aliphatic heterocycles. The zero-order chi connectivity index (χ0) is 52.7. The molecule has 0 bridgehead atoms. The van der Waals surface area contributed by atoms with Gasteiger partial charge in [0.05, 0.1) is 39.9 Å². The number of amides is 1. The van der Waals surface area contributed by atoms with E-state index in [2.05, 4.69) is 19.2 Å². The van der Waals surface area contributed by atoms with E-state index in [-0.39, 0.29) is 19.1 Å². The van der Waals surface area contributed by atoms with Gasteiger partial charge in [0.1, 0.15) is 13.2 Å². The van der Waals surface area contributed by atoms with Crippen LogP contribution in [0.2, 0.25) is 0 Å². The third kappa shape index (κ3) is 57.0.